The Morgan fingerprint density at radius 1 is 1.29 bits per heavy atom. The molecule has 0 spiro atoms. The zero-order chi connectivity index (χ0) is 28.5. The largest absolute Gasteiger partial charge is 0.465 e. The molecule has 2 aliphatic carbocycles. The zero-order valence-electron chi connectivity index (χ0n) is 21.4. The van der Waals surface area contributed by atoms with E-state index >= 15 is 0 Å². The summed E-state index contributed by atoms with van der Waals surface area (Å²) in [6.07, 6.45) is -3.97. The predicted molar refractivity (Wildman–Crippen MR) is 130 cm³/mol. The van der Waals surface area contributed by atoms with Crippen LogP contribution in [-0.4, -0.2) is 47.8 Å². The predicted octanol–water partition coefficient (Wildman–Crippen LogP) is 5.41. The van der Waals surface area contributed by atoms with Crippen LogP contribution in [0.15, 0.2) is 27.6 Å². The minimum absolute atomic E-state index is 0.0680. The van der Waals surface area contributed by atoms with Crippen LogP contribution in [0.3, 0.4) is 0 Å². The van der Waals surface area contributed by atoms with Crippen molar-refractivity contribution in [3.8, 4) is 17.2 Å². The lowest BCUT2D eigenvalue weighted by Crippen LogP contribution is -2.33. The number of alkyl halides is 3. The van der Waals surface area contributed by atoms with Crippen molar-refractivity contribution in [1.29, 1.82) is 5.26 Å². The van der Waals surface area contributed by atoms with Crippen LogP contribution in [0.4, 0.5) is 18.0 Å². The third-order valence-electron chi connectivity index (χ3n) is 6.46. The van der Waals surface area contributed by atoms with Crippen LogP contribution < -0.4 is 5.32 Å². The molecule has 208 valence electrons. The number of nitrogens with one attached hydrogen (secondary N) is 1. The molecule has 2 aromatic rings. The van der Waals surface area contributed by atoms with E-state index in [1.165, 1.54) is 6.07 Å². The molecule has 4 rings (SSSR count). The first-order chi connectivity index (χ1) is 17.6. The molecule has 0 saturated heterocycles. The molecular formula is C25H30F3N3O6S. The highest BCUT2D eigenvalue weighted by atomic mass is 32.2. The average molecular weight is 558 g/mol. The normalized spacial score (nSPS) is 20.4. The van der Waals surface area contributed by atoms with Crippen LogP contribution in [0.5, 0.6) is 0 Å². The summed E-state index contributed by atoms with van der Waals surface area (Å²) in [5.74, 6) is 0.371. The van der Waals surface area contributed by atoms with Gasteiger partial charge in [-0.2, -0.15) is 18.4 Å². The van der Waals surface area contributed by atoms with Gasteiger partial charge in [-0.25, -0.2) is 13.2 Å². The third kappa shape index (κ3) is 6.66. The SMILES string of the molecule is Cc1noc(C)c1-c1ccc(S(=O)(=O)[C@@H]2CC[C@@H](OC(C)C)C2)c(C(F)(F)F)c1.N#CC1(NC(=O)O)CC1. The Bertz CT molecular complexity index is 1310. The number of hydrogen-bond acceptors (Lipinski definition) is 7. The van der Waals surface area contributed by atoms with E-state index in [1.54, 1.807) is 13.8 Å². The lowest BCUT2D eigenvalue weighted by Gasteiger charge is -2.19. The second-order valence-electron chi connectivity index (χ2n) is 9.82. The second-order valence-corrected chi connectivity index (χ2v) is 12.0. The number of sulfone groups is 1. The van der Waals surface area contributed by atoms with E-state index < -0.39 is 43.4 Å². The van der Waals surface area contributed by atoms with Crippen molar-refractivity contribution < 1.29 is 40.8 Å². The van der Waals surface area contributed by atoms with E-state index in [-0.39, 0.29) is 30.6 Å². The van der Waals surface area contributed by atoms with Gasteiger partial charge in [-0.3, -0.25) is 0 Å². The van der Waals surface area contributed by atoms with Gasteiger partial charge in [0.15, 0.2) is 9.84 Å². The van der Waals surface area contributed by atoms with Crippen molar-refractivity contribution >= 4 is 15.9 Å². The van der Waals surface area contributed by atoms with Crippen LogP contribution in [0.25, 0.3) is 11.1 Å². The Balaban J connectivity index is 0.000000375. The fourth-order valence-corrected chi connectivity index (χ4v) is 6.53. The Morgan fingerprint density at radius 2 is 1.95 bits per heavy atom. The molecule has 1 amide bonds. The van der Waals surface area contributed by atoms with Gasteiger partial charge in [-0.1, -0.05) is 11.2 Å². The number of halogens is 3. The quantitative estimate of drug-likeness (QED) is 0.480. The van der Waals surface area contributed by atoms with Gasteiger partial charge < -0.3 is 19.7 Å². The Labute approximate surface area is 218 Å². The fraction of sp³-hybridized carbons (Fsp3) is 0.560. The van der Waals surface area contributed by atoms with E-state index in [9.17, 15) is 26.4 Å². The topological polar surface area (TPSA) is 143 Å². The number of nitrogens with zero attached hydrogens (tertiary/aromatic N) is 2. The van der Waals surface area contributed by atoms with Crippen LogP contribution in [0.2, 0.25) is 0 Å². The highest BCUT2D eigenvalue weighted by molar-refractivity contribution is 7.92. The van der Waals surface area contributed by atoms with Gasteiger partial charge in [0.25, 0.3) is 0 Å². The van der Waals surface area contributed by atoms with Crippen molar-refractivity contribution in [2.45, 2.75) is 93.9 Å². The number of nitriles is 1. The molecule has 9 nitrogen and oxygen atoms in total. The molecule has 0 radical (unpaired) electrons. The minimum Gasteiger partial charge on any atom is -0.465 e. The van der Waals surface area contributed by atoms with Crippen molar-refractivity contribution in [3.63, 3.8) is 0 Å². The van der Waals surface area contributed by atoms with Crippen LogP contribution >= 0.6 is 0 Å². The number of hydrogen-bond donors (Lipinski definition) is 2. The van der Waals surface area contributed by atoms with Crippen molar-refractivity contribution in [1.82, 2.24) is 10.5 Å². The number of rotatable bonds is 6. The minimum atomic E-state index is -4.82. The maximum absolute atomic E-state index is 13.8. The zero-order valence-corrected chi connectivity index (χ0v) is 22.2. The molecule has 13 heteroatoms. The van der Waals surface area contributed by atoms with Crippen molar-refractivity contribution in [2.24, 2.45) is 0 Å². The first kappa shape index (κ1) is 29.4. The number of ether oxygens (including phenoxy) is 1. The molecule has 2 N–H and O–H groups in total. The van der Waals surface area contributed by atoms with Gasteiger partial charge in [0.05, 0.1) is 39.7 Å². The Hall–Kier alpha value is -3.11. The fourth-order valence-electron chi connectivity index (χ4n) is 4.52. The van der Waals surface area contributed by atoms with Crippen LogP contribution in [0.1, 0.15) is 63.0 Å². The van der Waals surface area contributed by atoms with Crippen LogP contribution in [-0.2, 0) is 20.8 Å². The van der Waals surface area contributed by atoms with E-state index in [1.807, 2.05) is 19.9 Å². The van der Waals surface area contributed by atoms with Gasteiger partial charge in [0, 0.05) is 5.56 Å². The highest BCUT2D eigenvalue weighted by Crippen LogP contribution is 2.41. The molecule has 2 atom stereocenters. The van der Waals surface area contributed by atoms with Crippen LogP contribution in [0, 0.1) is 25.2 Å². The lowest BCUT2D eigenvalue weighted by molar-refractivity contribution is -0.139. The number of carboxylic acid groups (broad SMARTS) is 1. The summed E-state index contributed by atoms with van der Waals surface area (Å²) in [5.41, 5.74) is -0.796. The van der Waals surface area contributed by atoms with E-state index in [4.69, 9.17) is 19.6 Å². The molecular weight excluding hydrogens is 527 g/mol. The summed E-state index contributed by atoms with van der Waals surface area (Å²) >= 11 is 0. The maximum atomic E-state index is 13.8. The van der Waals surface area contributed by atoms with E-state index in [0.29, 0.717) is 36.3 Å². The van der Waals surface area contributed by atoms with E-state index in [0.717, 1.165) is 12.1 Å². The van der Waals surface area contributed by atoms with Gasteiger partial charge in [0.1, 0.15) is 11.3 Å². The summed E-state index contributed by atoms with van der Waals surface area (Å²) in [6, 6.07) is 5.20. The molecule has 0 bridgehead atoms. The van der Waals surface area contributed by atoms with Gasteiger partial charge in [0.2, 0.25) is 0 Å². The molecule has 2 aliphatic rings. The number of aromatic nitrogens is 1. The van der Waals surface area contributed by atoms with Gasteiger partial charge >= 0.3 is 12.3 Å². The summed E-state index contributed by atoms with van der Waals surface area (Å²) in [6.45, 7) is 6.91. The smallest absolute Gasteiger partial charge is 0.417 e. The molecule has 1 aromatic carbocycles. The maximum Gasteiger partial charge on any atom is 0.417 e. The highest BCUT2D eigenvalue weighted by Gasteiger charge is 2.45. The monoisotopic (exact) mass is 557 g/mol. The van der Waals surface area contributed by atoms with Gasteiger partial charge in [-0.05, 0) is 77.5 Å². The summed E-state index contributed by atoms with van der Waals surface area (Å²) in [4.78, 5) is 9.27. The number of amides is 1. The van der Waals surface area contributed by atoms with Gasteiger partial charge in [-0.15, -0.1) is 0 Å². The first-order valence-corrected chi connectivity index (χ1v) is 13.6. The molecule has 1 aromatic heterocycles. The lowest BCUT2D eigenvalue weighted by atomic mass is 10.0. The second kappa shape index (κ2) is 10.9. The Morgan fingerprint density at radius 3 is 2.39 bits per heavy atom. The number of carbonyl (C=O) groups is 1. The number of benzene rings is 1. The average Bonchev–Trinajstić information content (AvgIpc) is 3.26. The molecule has 0 unspecified atom stereocenters. The number of aryl methyl sites for hydroxylation is 2. The molecule has 38 heavy (non-hydrogen) atoms. The molecule has 2 saturated carbocycles. The van der Waals surface area contributed by atoms with Crippen molar-refractivity contribution in [3.05, 3.63) is 35.2 Å². The molecule has 2 fully saturated rings. The summed E-state index contributed by atoms with van der Waals surface area (Å²) < 4.78 is 78.3. The summed E-state index contributed by atoms with van der Waals surface area (Å²) in [5, 5.41) is 21.5. The standard InChI is InChI=1S/C20H24F3NO4S.C5H6N2O2/c1-11(2)27-15-6-7-16(10-15)29(25,26)18-8-5-14(9-17(18)20(21,22)23)19-12(3)24-28-13(19)4;6-3-5(1-2-5)7-4(8)9/h5,8-9,11,15-16H,6-7,10H2,1-4H3;7H,1-2H2,(H,8,9)/t15-,16-;/m1./s1. The molecule has 1 heterocycles. The Kier molecular flexibility index (Phi) is 8.48. The van der Waals surface area contributed by atoms with Crippen molar-refractivity contribution in [2.75, 3.05) is 0 Å². The summed E-state index contributed by atoms with van der Waals surface area (Å²) in [7, 11) is -4.17. The molecule has 0 aliphatic heterocycles. The first-order valence-electron chi connectivity index (χ1n) is 12.1. The third-order valence-corrected chi connectivity index (χ3v) is 8.74. The van der Waals surface area contributed by atoms with E-state index in [2.05, 4.69) is 10.5 Å².